The van der Waals surface area contributed by atoms with Gasteiger partial charge in [0.15, 0.2) is 0 Å². The van der Waals surface area contributed by atoms with Crippen LogP contribution < -0.4 is 4.74 Å². The Kier molecular flexibility index (Phi) is 3.87. The molecular formula is C17H14N2O3. The van der Waals surface area contributed by atoms with Crippen LogP contribution in [0.2, 0.25) is 0 Å². The minimum absolute atomic E-state index is 0.115. The molecule has 5 nitrogen and oxygen atoms in total. The summed E-state index contributed by atoms with van der Waals surface area (Å²) in [5, 5.41) is 13.5. The second-order valence-corrected chi connectivity index (χ2v) is 4.71. The van der Waals surface area contributed by atoms with Crippen LogP contribution >= 0.6 is 0 Å². The number of hydrogen-bond acceptors (Lipinski definition) is 3. The molecule has 1 heterocycles. The van der Waals surface area contributed by atoms with Gasteiger partial charge in [0, 0.05) is 12.4 Å². The summed E-state index contributed by atoms with van der Waals surface area (Å²) in [6.07, 6.45) is 3.39. The summed E-state index contributed by atoms with van der Waals surface area (Å²) in [6, 6.07) is 16.4. The highest BCUT2D eigenvalue weighted by Gasteiger charge is 2.13. The largest absolute Gasteiger partial charge is 0.488 e. The van der Waals surface area contributed by atoms with Gasteiger partial charge in [-0.05, 0) is 29.8 Å². The van der Waals surface area contributed by atoms with Crippen molar-refractivity contribution >= 4 is 5.97 Å². The van der Waals surface area contributed by atoms with E-state index in [-0.39, 0.29) is 5.56 Å². The van der Waals surface area contributed by atoms with Gasteiger partial charge >= 0.3 is 5.97 Å². The smallest absolute Gasteiger partial charge is 0.339 e. The van der Waals surface area contributed by atoms with Crippen LogP contribution in [0.25, 0.3) is 5.69 Å². The molecule has 22 heavy (non-hydrogen) atoms. The van der Waals surface area contributed by atoms with Crippen molar-refractivity contribution in [3.8, 4) is 11.4 Å². The Balaban J connectivity index is 1.86. The number of rotatable bonds is 5. The Bertz CT molecular complexity index is 768. The molecule has 0 amide bonds. The first-order valence-electron chi connectivity index (χ1n) is 6.78. The molecule has 1 aromatic heterocycles. The summed E-state index contributed by atoms with van der Waals surface area (Å²) in [6.45, 7) is 0.322. The number of carbonyl (C=O) groups is 1. The average molecular weight is 294 g/mol. The van der Waals surface area contributed by atoms with Crippen LogP contribution in [0.3, 0.4) is 0 Å². The van der Waals surface area contributed by atoms with E-state index in [0.29, 0.717) is 18.0 Å². The molecule has 0 aliphatic carbocycles. The molecule has 0 bridgehead atoms. The van der Waals surface area contributed by atoms with Gasteiger partial charge in [0.25, 0.3) is 0 Å². The van der Waals surface area contributed by atoms with E-state index in [2.05, 4.69) is 5.10 Å². The van der Waals surface area contributed by atoms with Gasteiger partial charge in [-0.15, -0.1) is 0 Å². The average Bonchev–Trinajstić information content (AvgIpc) is 3.08. The summed E-state index contributed by atoms with van der Waals surface area (Å²) in [7, 11) is 0. The maximum Gasteiger partial charge on any atom is 0.339 e. The molecule has 0 spiro atoms. The topological polar surface area (TPSA) is 64.3 Å². The minimum Gasteiger partial charge on any atom is -0.488 e. The zero-order valence-corrected chi connectivity index (χ0v) is 11.7. The summed E-state index contributed by atoms with van der Waals surface area (Å²) in [4.78, 5) is 11.4. The van der Waals surface area contributed by atoms with Gasteiger partial charge in [0.2, 0.25) is 0 Å². The number of carboxylic acids is 1. The Morgan fingerprint density at radius 2 is 1.95 bits per heavy atom. The quantitative estimate of drug-likeness (QED) is 0.785. The lowest BCUT2D eigenvalue weighted by Crippen LogP contribution is -2.05. The minimum atomic E-state index is -1.03. The van der Waals surface area contributed by atoms with Crippen molar-refractivity contribution < 1.29 is 14.6 Å². The van der Waals surface area contributed by atoms with Gasteiger partial charge in [0.1, 0.15) is 17.9 Å². The number of nitrogens with zero attached hydrogens (tertiary/aromatic N) is 2. The highest BCUT2D eigenvalue weighted by atomic mass is 16.5. The van der Waals surface area contributed by atoms with E-state index in [4.69, 9.17) is 4.74 Å². The van der Waals surface area contributed by atoms with Crippen molar-refractivity contribution in [2.75, 3.05) is 0 Å². The van der Waals surface area contributed by atoms with Gasteiger partial charge < -0.3 is 9.84 Å². The van der Waals surface area contributed by atoms with Gasteiger partial charge in [-0.25, -0.2) is 9.48 Å². The normalized spacial score (nSPS) is 10.4. The molecule has 0 fully saturated rings. The van der Waals surface area contributed by atoms with E-state index in [0.717, 1.165) is 5.56 Å². The van der Waals surface area contributed by atoms with Crippen LogP contribution in [0.15, 0.2) is 67.0 Å². The molecule has 5 heteroatoms. The first kappa shape index (κ1) is 13.9. The fourth-order valence-corrected chi connectivity index (χ4v) is 2.11. The van der Waals surface area contributed by atoms with E-state index < -0.39 is 5.97 Å². The zero-order valence-electron chi connectivity index (χ0n) is 11.7. The number of hydrogen-bond donors (Lipinski definition) is 1. The Hall–Kier alpha value is -3.08. The number of aromatic carboxylic acids is 1. The highest BCUT2D eigenvalue weighted by Crippen LogP contribution is 2.23. The molecule has 0 unspecified atom stereocenters. The maximum atomic E-state index is 11.4. The summed E-state index contributed by atoms with van der Waals surface area (Å²) in [5.74, 6) is -0.690. The maximum absolute atomic E-state index is 11.4. The first-order chi connectivity index (χ1) is 10.7. The van der Waals surface area contributed by atoms with E-state index in [1.807, 2.05) is 30.3 Å². The molecular weight excluding hydrogens is 280 g/mol. The monoisotopic (exact) mass is 294 g/mol. The van der Waals surface area contributed by atoms with Crippen LogP contribution in [0.4, 0.5) is 0 Å². The van der Waals surface area contributed by atoms with Crippen LogP contribution in [0, 0.1) is 0 Å². The predicted octanol–water partition coefficient (Wildman–Crippen LogP) is 3.15. The summed E-state index contributed by atoms with van der Waals surface area (Å²) in [5.41, 5.74) is 1.77. The van der Waals surface area contributed by atoms with Crippen molar-refractivity contribution in [1.82, 2.24) is 9.78 Å². The lowest BCUT2D eigenvalue weighted by Gasteiger charge is -2.11. The fraction of sp³-hybridized carbons (Fsp3) is 0.0588. The molecule has 1 N–H and O–H groups in total. The third kappa shape index (κ3) is 2.98. The van der Waals surface area contributed by atoms with E-state index in [9.17, 15) is 9.90 Å². The molecule has 0 saturated carbocycles. The second kappa shape index (κ2) is 6.13. The molecule has 3 rings (SSSR count). The molecule has 0 aliphatic heterocycles. The summed E-state index contributed by atoms with van der Waals surface area (Å²) < 4.78 is 7.25. The van der Waals surface area contributed by atoms with Crippen molar-refractivity contribution in [3.63, 3.8) is 0 Å². The predicted molar refractivity (Wildman–Crippen MR) is 81.3 cm³/mol. The Labute approximate surface area is 127 Å². The number of carboxylic acid groups (broad SMARTS) is 1. The van der Waals surface area contributed by atoms with E-state index in [1.54, 1.807) is 41.3 Å². The molecule has 2 aromatic carbocycles. The highest BCUT2D eigenvalue weighted by molar-refractivity contribution is 5.91. The Morgan fingerprint density at radius 3 is 2.64 bits per heavy atom. The van der Waals surface area contributed by atoms with Crippen molar-refractivity contribution in [2.45, 2.75) is 6.61 Å². The number of aromatic nitrogens is 2. The lowest BCUT2D eigenvalue weighted by atomic mass is 10.1. The number of ether oxygens (including phenoxy) is 1. The zero-order chi connectivity index (χ0) is 15.4. The second-order valence-electron chi connectivity index (χ2n) is 4.71. The van der Waals surface area contributed by atoms with Crippen molar-refractivity contribution in [2.24, 2.45) is 0 Å². The fourth-order valence-electron chi connectivity index (χ4n) is 2.11. The van der Waals surface area contributed by atoms with E-state index >= 15 is 0 Å². The third-order valence-corrected chi connectivity index (χ3v) is 3.20. The van der Waals surface area contributed by atoms with Gasteiger partial charge in [-0.1, -0.05) is 30.3 Å². The molecule has 0 saturated heterocycles. The third-order valence-electron chi connectivity index (χ3n) is 3.20. The SMILES string of the molecule is O=C(O)c1cc(-n2cccn2)ccc1OCc1ccccc1. The molecule has 0 radical (unpaired) electrons. The molecule has 0 atom stereocenters. The van der Waals surface area contributed by atoms with Crippen molar-refractivity contribution in [1.29, 1.82) is 0 Å². The standard InChI is InChI=1S/C17H14N2O3/c20-17(21)15-11-14(19-10-4-9-18-19)7-8-16(15)22-12-13-5-2-1-3-6-13/h1-11H,12H2,(H,20,21). The molecule has 0 aliphatic rings. The Morgan fingerprint density at radius 1 is 1.14 bits per heavy atom. The molecule has 110 valence electrons. The molecule has 3 aromatic rings. The number of benzene rings is 2. The van der Waals surface area contributed by atoms with Gasteiger partial charge in [0.05, 0.1) is 5.69 Å². The van der Waals surface area contributed by atoms with Crippen LogP contribution in [-0.2, 0) is 6.61 Å². The van der Waals surface area contributed by atoms with Crippen LogP contribution in [0.1, 0.15) is 15.9 Å². The van der Waals surface area contributed by atoms with Gasteiger partial charge in [-0.2, -0.15) is 5.10 Å². The first-order valence-corrected chi connectivity index (χ1v) is 6.78. The van der Waals surface area contributed by atoms with Gasteiger partial charge in [-0.3, -0.25) is 0 Å². The van der Waals surface area contributed by atoms with E-state index in [1.165, 1.54) is 0 Å². The summed E-state index contributed by atoms with van der Waals surface area (Å²) >= 11 is 0. The van der Waals surface area contributed by atoms with Crippen molar-refractivity contribution in [3.05, 3.63) is 78.1 Å². The van der Waals surface area contributed by atoms with Crippen LogP contribution in [0.5, 0.6) is 5.75 Å². The van der Waals surface area contributed by atoms with Crippen LogP contribution in [-0.4, -0.2) is 20.9 Å². The lowest BCUT2D eigenvalue weighted by molar-refractivity contribution is 0.0691.